The van der Waals surface area contributed by atoms with Gasteiger partial charge in [0.25, 0.3) is 10.0 Å². The predicted molar refractivity (Wildman–Crippen MR) is 126 cm³/mol. The minimum Gasteiger partial charge on any atom is -0.494 e. The largest absolute Gasteiger partial charge is 0.494 e. The van der Waals surface area contributed by atoms with Crippen molar-refractivity contribution in [1.82, 2.24) is 9.71 Å². The Bertz CT molecular complexity index is 1310. The maximum Gasteiger partial charge on any atom is 0.264 e. The minimum absolute atomic E-state index is 0.0246. The van der Waals surface area contributed by atoms with Gasteiger partial charge in [-0.1, -0.05) is 12.1 Å². The lowest BCUT2D eigenvalue weighted by atomic mass is 9.88. The molecule has 1 heterocycles. The summed E-state index contributed by atoms with van der Waals surface area (Å²) in [6.07, 6.45) is 2.66. The van der Waals surface area contributed by atoms with Gasteiger partial charge in [0.2, 0.25) is 5.91 Å². The van der Waals surface area contributed by atoms with E-state index in [0.29, 0.717) is 41.7 Å². The Balaban J connectivity index is 1.72. The van der Waals surface area contributed by atoms with Crippen molar-refractivity contribution in [1.29, 1.82) is 0 Å². The van der Waals surface area contributed by atoms with Crippen molar-refractivity contribution in [2.45, 2.75) is 49.5 Å². The molecule has 0 aliphatic heterocycles. The number of aromatic nitrogens is 1. The number of methoxy groups -OCH3 is 1. The number of nitrogens with one attached hydrogen (secondary N) is 1. The van der Waals surface area contributed by atoms with Crippen LogP contribution in [0.15, 0.2) is 59.6 Å². The van der Waals surface area contributed by atoms with Gasteiger partial charge in [0.15, 0.2) is 0 Å². The highest BCUT2D eigenvalue weighted by Gasteiger charge is 2.54. The summed E-state index contributed by atoms with van der Waals surface area (Å²) in [5.41, 5.74) is 0.556. The number of sulfonamides is 1. The fourth-order valence-electron chi connectivity index (χ4n) is 4.01. The van der Waals surface area contributed by atoms with Crippen LogP contribution in [0.5, 0.6) is 5.75 Å². The fourth-order valence-corrected chi connectivity index (χ4v) is 5.27. The van der Waals surface area contributed by atoms with E-state index in [0.717, 1.165) is 5.56 Å². The molecule has 0 spiro atoms. The molecule has 2 aromatic carbocycles. The third-order valence-electron chi connectivity index (χ3n) is 6.31. The van der Waals surface area contributed by atoms with Gasteiger partial charge in [-0.25, -0.2) is 13.1 Å². The summed E-state index contributed by atoms with van der Waals surface area (Å²) in [5.74, 6) is 0.0179. The van der Waals surface area contributed by atoms with Crippen molar-refractivity contribution in [2.75, 3.05) is 13.7 Å². The number of nitrogens with zero attached hydrogens (tertiary/aromatic N) is 1. The highest BCUT2D eigenvalue weighted by molar-refractivity contribution is 7.90. The lowest BCUT2D eigenvalue weighted by molar-refractivity contribution is -0.121. The van der Waals surface area contributed by atoms with Gasteiger partial charge in [-0.3, -0.25) is 9.78 Å². The van der Waals surface area contributed by atoms with Gasteiger partial charge >= 0.3 is 0 Å². The van der Waals surface area contributed by atoms with E-state index in [9.17, 15) is 13.2 Å². The van der Waals surface area contributed by atoms with Crippen molar-refractivity contribution in [3.63, 3.8) is 0 Å². The van der Waals surface area contributed by atoms with Crippen molar-refractivity contribution < 1.29 is 22.7 Å². The maximum atomic E-state index is 13.4. The van der Waals surface area contributed by atoms with Crippen LogP contribution in [0.4, 0.5) is 0 Å². The van der Waals surface area contributed by atoms with E-state index < -0.39 is 26.9 Å². The van der Waals surface area contributed by atoms with Gasteiger partial charge in [0.1, 0.15) is 5.75 Å². The van der Waals surface area contributed by atoms with Crippen molar-refractivity contribution >= 4 is 26.8 Å². The molecule has 1 aliphatic rings. The number of ether oxygens (including phenoxy) is 2. The van der Waals surface area contributed by atoms with Gasteiger partial charge in [0.05, 0.1) is 28.0 Å². The van der Waals surface area contributed by atoms with E-state index in [-0.39, 0.29) is 4.90 Å². The Hall–Kier alpha value is -2.97. The molecular formula is C25H28N2O5S. The van der Waals surface area contributed by atoms with E-state index in [2.05, 4.69) is 9.71 Å². The van der Waals surface area contributed by atoms with Gasteiger partial charge in [-0.2, -0.15) is 0 Å². The lowest BCUT2D eigenvalue weighted by Crippen LogP contribution is -2.39. The molecule has 1 fully saturated rings. The molecule has 8 heteroatoms. The highest BCUT2D eigenvalue weighted by Crippen LogP contribution is 2.52. The van der Waals surface area contributed by atoms with Crippen LogP contribution in [-0.4, -0.2) is 33.0 Å². The number of benzene rings is 2. The molecule has 0 bridgehead atoms. The highest BCUT2D eigenvalue weighted by atomic mass is 32.2. The quantitative estimate of drug-likeness (QED) is 0.536. The second-order valence-electron chi connectivity index (χ2n) is 8.70. The third kappa shape index (κ3) is 4.20. The average Bonchev–Trinajstić information content (AvgIpc) is 3.61. The Morgan fingerprint density at radius 3 is 2.58 bits per heavy atom. The summed E-state index contributed by atoms with van der Waals surface area (Å²) >= 11 is 0. The van der Waals surface area contributed by atoms with Crippen LogP contribution in [0, 0.1) is 0 Å². The second kappa shape index (κ2) is 8.43. The summed E-state index contributed by atoms with van der Waals surface area (Å²) < 4.78 is 40.2. The molecule has 33 heavy (non-hydrogen) atoms. The van der Waals surface area contributed by atoms with Crippen molar-refractivity contribution in [2.24, 2.45) is 0 Å². The van der Waals surface area contributed by atoms with Crippen LogP contribution in [0.1, 0.15) is 44.7 Å². The predicted octanol–water partition coefficient (Wildman–Crippen LogP) is 4.05. The number of hydrogen-bond donors (Lipinski definition) is 1. The first-order chi connectivity index (χ1) is 15.6. The molecule has 1 N–H and O–H groups in total. The number of hydrogen-bond acceptors (Lipinski definition) is 6. The lowest BCUT2D eigenvalue weighted by Gasteiger charge is -2.27. The van der Waals surface area contributed by atoms with Crippen molar-refractivity contribution in [3.8, 4) is 5.75 Å². The first-order valence-corrected chi connectivity index (χ1v) is 12.4. The van der Waals surface area contributed by atoms with Crippen LogP contribution in [0.25, 0.3) is 10.9 Å². The molecule has 1 amide bonds. The van der Waals surface area contributed by atoms with Gasteiger partial charge in [-0.05, 0) is 75.6 Å². The van der Waals surface area contributed by atoms with Crippen LogP contribution in [-0.2, 0) is 30.6 Å². The molecule has 1 aliphatic carbocycles. The Morgan fingerprint density at radius 1 is 1.15 bits per heavy atom. The van der Waals surface area contributed by atoms with Crippen molar-refractivity contribution in [3.05, 3.63) is 65.9 Å². The topological polar surface area (TPSA) is 94.6 Å². The zero-order valence-corrected chi connectivity index (χ0v) is 20.0. The van der Waals surface area contributed by atoms with Crippen LogP contribution < -0.4 is 9.46 Å². The molecule has 7 nitrogen and oxygen atoms in total. The van der Waals surface area contributed by atoms with Gasteiger partial charge in [-0.15, -0.1) is 0 Å². The molecule has 0 atom stereocenters. The monoisotopic (exact) mass is 468 g/mol. The molecule has 1 aromatic heterocycles. The summed E-state index contributed by atoms with van der Waals surface area (Å²) in [4.78, 5) is 17.7. The Kier molecular flexibility index (Phi) is 5.92. The summed E-state index contributed by atoms with van der Waals surface area (Å²) in [7, 11) is -2.48. The van der Waals surface area contributed by atoms with Gasteiger partial charge < -0.3 is 9.47 Å². The first kappa shape index (κ1) is 23.2. The molecular weight excluding hydrogens is 440 g/mol. The van der Waals surface area contributed by atoms with E-state index >= 15 is 0 Å². The molecule has 4 rings (SSSR count). The van der Waals surface area contributed by atoms with E-state index in [1.165, 1.54) is 6.07 Å². The zero-order chi connectivity index (χ0) is 23.9. The minimum atomic E-state index is -4.11. The average molecular weight is 469 g/mol. The number of amides is 1. The SMILES string of the molecule is CCOc1ccc(C(C)(C)OC)cc1C1(C(=O)NS(=O)(=O)c2cccc3ncccc23)CC1. The second-order valence-corrected chi connectivity index (χ2v) is 10.4. The van der Waals surface area contributed by atoms with Crippen LogP contribution >= 0.6 is 0 Å². The van der Waals surface area contributed by atoms with E-state index in [1.54, 1.807) is 37.6 Å². The molecule has 0 unspecified atom stereocenters. The maximum absolute atomic E-state index is 13.4. The van der Waals surface area contributed by atoms with Crippen LogP contribution in [0.2, 0.25) is 0 Å². The number of pyridine rings is 1. The number of carbonyl (C=O) groups excluding carboxylic acids is 1. The van der Waals surface area contributed by atoms with Gasteiger partial charge in [0, 0.05) is 24.3 Å². The fraction of sp³-hybridized carbons (Fsp3) is 0.360. The molecule has 0 saturated heterocycles. The number of carbonyl (C=O) groups is 1. The van der Waals surface area contributed by atoms with E-state index in [4.69, 9.17) is 9.47 Å². The number of rotatable bonds is 8. The molecule has 174 valence electrons. The first-order valence-electron chi connectivity index (χ1n) is 10.9. The normalized spacial score (nSPS) is 15.3. The smallest absolute Gasteiger partial charge is 0.264 e. The molecule has 1 saturated carbocycles. The molecule has 0 radical (unpaired) electrons. The number of fused-ring (bicyclic) bond motifs is 1. The Morgan fingerprint density at radius 2 is 1.91 bits per heavy atom. The molecule has 3 aromatic rings. The summed E-state index contributed by atoms with van der Waals surface area (Å²) in [6.45, 7) is 6.17. The summed E-state index contributed by atoms with van der Waals surface area (Å²) in [6, 6.07) is 13.8. The third-order valence-corrected chi connectivity index (χ3v) is 7.70. The van der Waals surface area contributed by atoms with Crippen LogP contribution in [0.3, 0.4) is 0 Å². The Labute approximate surface area is 194 Å². The van der Waals surface area contributed by atoms with E-state index in [1.807, 2.05) is 39.0 Å². The standard InChI is InChI=1S/C25H28N2O5S/c1-5-32-21-12-11-17(24(2,3)31-4)16-19(21)25(13-14-25)23(28)27-33(29,30)22-10-6-9-20-18(22)8-7-15-26-20/h6-12,15-16H,5,13-14H2,1-4H3,(H,27,28). The zero-order valence-electron chi connectivity index (χ0n) is 19.2. The summed E-state index contributed by atoms with van der Waals surface area (Å²) in [5, 5.41) is 0.462.